The average molecular weight is 314 g/mol. The van der Waals surface area contributed by atoms with Crippen LogP contribution in [0, 0.1) is 0 Å². The molecular weight excluding hydrogens is 292 g/mol. The van der Waals surface area contributed by atoms with Crippen molar-refractivity contribution >= 4 is 17.3 Å². The Morgan fingerprint density at radius 1 is 1.23 bits per heavy atom. The molecule has 0 radical (unpaired) electrons. The van der Waals surface area contributed by atoms with Crippen LogP contribution < -0.4 is 5.32 Å². The van der Waals surface area contributed by atoms with Crippen LogP contribution in [-0.2, 0) is 6.54 Å². The van der Waals surface area contributed by atoms with Crippen LogP contribution in [0.25, 0.3) is 0 Å². The number of hydrogen-bond acceptors (Lipinski definition) is 2. The van der Waals surface area contributed by atoms with Gasteiger partial charge in [-0.1, -0.05) is 0 Å². The third kappa shape index (κ3) is 2.99. The Hall–Kier alpha value is -1.88. The van der Waals surface area contributed by atoms with Crippen molar-refractivity contribution in [1.29, 1.82) is 0 Å². The Morgan fingerprint density at radius 2 is 1.95 bits per heavy atom. The largest absolute Gasteiger partial charge is 0.358 e. The molecule has 0 spiro atoms. The number of rotatable bonds is 1. The molecule has 0 bridgehead atoms. The van der Waals surface area contributed by atoms with Crippen molar-refractivity contribution in [1.82, 2.24) is 19.8 Å². The second-order valence-corrected chi connectivity index (χ2v) is 7.07. The minimum absolute atomic E-state index is 0.0423. The maximum Gasteiger partial charge on any atom is 0.170 e. The highest BCUT2D eigenvalue weighted by Gasteiger charge is 2.31. The number of nitrogens with one attached hydrogen (secondary N) is 1. The standard InChI is InChI=1S/C17H22N4S/c1-17(2,3)19-16(22)21-12-11-20-10-4-5-14(20)15(21)13-6-8-18-9-7-13/h4-10,15H,11-12H2,1-3H3,(H,19,22)/t15-/m0/s1. The Kier molecular flexibility index (Phi) is 3.91. The van der Waals surface area contributed by atoms with E-state index in [1.165, 1.54) is 11.3 Å². The molecule has 1 aliphatic rings. The zero-order valence-corrected chi connectivity index (χ0v) is 14.1. The third-order valence-corrected chi connectivity index (χ3v) is 4.14. The molecule has 116 valence electrons. The lowest BCUT2D eigenvalue weighted by Crippen LogP contribution is -2.52. The molecule has 2 aromatic heterocycles. The molecule has 22 heavy (non-hydrogen) atoms. The molecule has 1 aliphatic heterocycles. The lowest BCUT2D eigenvalue weighted by molar-refractivity contribution is 0.278. The van der Waals surface area contributed by atoms with Gasteiger partial charge in [0.1, 0.15) is 0 Å². The van der Waals surface area contributed by atoms with Gasteiger partial charge in [-0.3, -0.25) is 4.98 Å². The van der Waals surface area contributed by atoms with Crippen LogP contribution in [0.4, 0.5) is 0 Å². The normalized spacial score (nSPS) is 18.0. The van der Waals surface area contributed by atoms with E-state index in [9.17, 15) is 0 Å². The molecule has 0 saturated heterocycles. The zero-order chi connectivity index (χ0) is 15.7. The predicted octanol–water partition coefficient (Wildman–Crippen LogP) is 2.96. The van der Waals surface area contributed by atoms with Crippen molar-refractivity contribution in [3.63, 3.8) is 0 Å². The smallest absolute Gasteiger partial charge is 0.170 e. The molecular formula is C17H22N4S. The molecule has 2 aromatic rings. The molecule has 4 nitrogen and oxygen atoms in total. The van der Waals surface area contributed by atoms with E-state index in [4.69, 9.17) is 12.2 Å². The molecule has 3 heterocycles. The second kappa shape index (κ2) is 5.72. The van der Waals surface area contributed by atoms with E-state index >= 15 is 0 Å². The van der Waals surface area contributed by atoms with Crippen LogP contribution in [0.1, 0.15) is 38.1 Å². The van der Waals surface area contributed by atoms with Crippen LogP contribution in [-0.4, -0.2) is 31.6 Å². The van der Waals surface area contributed by atoms with Gasteiger partial charge in [0.25, 0.3) is 0 Å². The first-order valence-electron chi connectivity index (χ1n) is 7.59. The quantitative estimate of drug-likeness (QED) is 0.821. The lowest BCUT2D eigenvalue weighted by atomic mass is 10.0. The SMILES string of the molecule is CC(C)(C)NC(=S)N1CCn2cccc2[C@@H]1c1ccncc1. The fourth-order valence-electron chi connectivity index (χ4n) is 2.89. The van der Waals surface area contributed by atoms with Crippen molar-refractivity contribution in [2.45, 2.75) is 38.9 Å². The van der Waals surface area contributed by atoms with E-state index in [-0.39, 0.29) is 11.6 Å². The van der Waals surface area contributed by atoms with Crippen LogP contribution in [0.5, 0.6) is 0 Å². The third-order valence-electron chi connectivity index (χ3n) is 3.80. The van der Waals surface area contributed by atoms with Crippen LogP contribution in [0.2, 0.25) is 0 Å². The summed E-state index contributed by atoms with van der Waals surface area (Å²) < 4.78 is 2.31. The molecule has 1 N–H and O–H groups in total. The van der Waals surface area contributed by atoms with Crippen molar-refractivity contribution < 1.29 is 0 Å². The monoisotopic (exact) mass is 314 g/mol. The van der Waals surface area contributed by atoms with Crippen LogP contribution in [0.3, 0.4) is 0 Å². The van der Waals surface area contributed by atoms with E-state index in [1.54, 1.807) is 0 Å². The second-order valence-electron chi connectivity index (χ2n) is 6.68. The van der Waals surface area contributed by atoms with Gasteiger partial charge in [0.15, 0.2) is 5.11 Å². The summed E-state index contributed by atoms with van der Waals surface area (Å²) in [5, 5.41) is 4.25. The Labute approximate surface area is 137 Å². The van der Waals surface area contributed by atoms with Gasteiger partial charge >= 0.3 is 0 Å². The van der Waals surface area contributed by atoms with Gasteiger partial charge in [0.05, 0.1) is 6.04 Å². The number of aromatic nitrogens is 2. The summed E-state index contributed by atoms with van der Waals surface area (Å²) in [6.07, 6.45) is 5.83. The predicted molar refractivity (Wildman–Crippen MR) is 92.7 cm³/mol. The first-order valence-corrected chi connectivity index (χ1v) is 8.00. The molecule has 0 amide bonds. The molecule has 0 fully saturated rings. The van der Waals surface area contributed by atoms with Gasteiger partial charge in [-0.15, -0.1) is 0 Å². The Bertz CT molecular complexity index is 657. The van der Waals surface area contributed by atoms with E-state index in [2.05, 4.69) is 71.0 Å². The van der Waals surface area contributed by atoms with Gasteiger partial charge in [-0.05, 0) is 62.8 Å². The summed E-state index contributed by atoms with van der Waals surface area (Å²) in [6.45, 7) is 8.25. The number of nitrogens with zero attached hydrogens (tertiary/aromatic N) is 3. The summed E-state index contributed by atoms with van der Waals surface area (Å²) in [7, 11) is 0. The highest BCUT2D eigenvalue weighted by Crippen LogP contribution is 2.32. The van der Waals surface area contributed by atoms with Crippen molar-refractivity contribution in [3.8, 4) is 0 Å². The highest BCUT2D eigenvalue weighted by atomic mass is 32.1. The summed E-state index contributed by atoms with van der Waals surface area (Å²) in [4.78, 5) is 6.42. The van der Waals surface area contributed by atoms with Crippen molar-refractivity contribution in [2.24, 2.45) is 0 Å². The number of hydrogen-bond donors (Lipinski definition) is 1. The number of thiocarbonyl (C=S) groups is 1. The maximum atomic E-state index is 5.69. The molecule has 5 heteroatoms. The van der Waals surface area contributed by atoms with E-state index in [0.29, 0.717) is 0 Å². The van der Waals surface area contributed by atoms with Gasteiger partial charge in [-0.25, -0.2) is 0 Å². The minimum Gasteiger partial charge on any atom is -0.358 e. The van der Waals surface area contributed by atoms with Gasteiger partial charge in [-0.2, -0.15) is 0 Å². The summed E-state index contributed by atoms with van der Waals surface area (Å²) >= 11 is 5.69. The van der Waals surface area contributed by atoms with E-state index in [0.717, 1.165) is 18.2 Å². The molecule has 0 aromatic carbocycles. The first kappa shape index (κ1) is 15.0. The van der Waals surface area contributed by atoms with Crippen molar-refractivity contribution in [2.75, 3.05) is 6.54 Å². The van der Waals surface area contributed by atoms with Gasteiger partial charge in [0, 0.05) is 42.9 Å². The molecule has 0 saturated carbocycles. The minimum atomic E-state index is -0.0423. The Morgan fingerprint density at radius 3 is 2.64 bits per heavy atom. The van der Waals surface area contributed by atoms with Crippen LogP contribution >= 0.6 is 12.2 Å². The van der Waals surface area contributed by atoms with E-state index < -0.39 is 0 Å². The fraction of sp³-hybridized carbons (Fsp3) is 0.412. The van der Waals surface area contributed by atoms with Gasteiger partial charge in [0.2, 0.25) is 0 Å². The van der Waals surface area contributed by atoms with Gasteiger partial charge < -0.3 is 14.8 Å². The van der Waals surface area contributed by atoms with Crippen LogP contribution in [0.15, 0.2) is 42.9 Å². The topological polar surface area (TPSA) is 33.1 Å². The van der Waals surface area contributed by atoms with Crippen molar-refractivity contribution in [3.05, 3.63) is 54.1 Å². The number of fused-ring (bicyclic) bond motifs is 1. The first-order chi connectivity index (χ1) is 10.5. The average Bonchev–Trinajstić information content (AvgIpc) is 2.93. The molecule has 1 atom stereocenters. The Balaban J connectivity index is 1.97. The maximum absolute atomic E-state index is 5.69. The highest BCUT2D eigenvalue weighted by molar-refractivity contribution is 7.80. The lowest BCUT2D eigenvalue weighted by Gasteiger charge is -2.40. The summed E-state index contributed by atoms with van der Waals surface area (Å²) in [6, 6.07) is 8.55. The molecule has 0 unspecified atom stereocenters. The fourth-order valence-corrected chi connectivity index (χ4v) is 3.39. The molecule has 0 aliphatic carbocycles. The summed E-state index contributed by atoms with van der Waals surface area (Å²) in [5.74, 6) is 0. The zero-order valence-electron chi connectivity index (χ0n) is 13.3. The van der Waals surface area contributed by atoms with E-state index in [1.807, 2.05) is 12.4 Å². The number of pyridine rings is 1. The molecule has 3 rings (SSSR count). The summed E-state index contributed by atoms with van der Waals surface area (Å²) in [5.41, 5.74) is 2.45.